The first-order valence-corrected chi connectivity index (χ1v) is 6.59. The van der Waals surface area contributed by atoms with Gasteiger partial charge in [-0.3, -0.25) is 4.98 Å². The summed E-state index contributed by atoms with van der Waals surface area (Å²) in [6, 6.07) is 4.00. The van der Waals surface area contributed by atoms with E-state index in [2.05, 4.69) is 22.9 Å². The number of hydrogen-bond donors (Lipinski definition) is 1. The lowest BCUT2D eigenvalue weighted by molar-refractivity contribution is 0.194. The zero-order valence-corrected chi connectivity index (χ0v) is 10.8. The fraction of sp³-hybridized carbons (Fsp3) is 0.643. The van der Waals surface area contributed by atoms with E-state index in [9.17, 15) is 5.11 Å². The van der Waals surface area contributed by atoms with Crippen molar-refractivity contribution in [1.29, 1.82) is 0 Å². The molecule has 94 valence electrons. The molecule has 0 spiro atoms. The monoisotopic (exact) mass is 234 g/mol. The molecule has 2 rings (SSSR count). The van der Waals surface area contributed by atoms with E-state index in [4.69, 9.17) is 0 Å². The summed E-state index contributed by atoms with van der Waals surface area (Å²) < 4.78 is 0. The third-order valence-electron chi connectivity index (χ3n) is 3.66. The second kappa shape index (κ2) is 5.50. The highest BCUT2D eigenvalue weighted by Gasteiger charge is 2.18. The SMILES string of the molecule is CCC1CCCN(c2ccc([C@@H](C)O)nc2)C1. The summed E-state index contributed by atoms with van der Waals surface area (Å²) >= 11 is 0. The normalized spacial score (nSPS) is 22.5. The van der Waals surface area contributed by atoms with Crippen LogP contribution in [0.15, 0.2) is 18.3 Å². The quantitative estimate of drug-likeness (QED) is 0.873. The van der Waals surface area contributed by atoms with Crippen LogP contribution in [0.1, 0.15) is 44.9 Å². The summed E-state index contributed by atoms with van der Waals surface area (Å²) in [5.41, 5.74) is 1.94. The van der Waals surface area contributed by atoms with Gasteiger partial charge in [-0.05, 0) is 37.8 Å². The van der Waals surface area contributed by atoms with Crippen molar-refractivity contribution >= 4 is 5.69 Å². The second-order valence-corrected chi connectivity index (χ2v) is 4.98. The molecule has 2 atom stereocenters. The molecule has 2 heterocycles. The zero-order valence-electron chi connectivity index (χ0n) is 10.8. The number of aromatic nitrogens is 1. The maximum Gasteiger partial charge on any atom is 0.0931 e. The first-order chi connectivity index (χ1) is 8.20. The molecule has 17 heavy (non-hydrogen) atoms. The lowest BCUT2D eigenvalue weighted by Crippen LogP contribution is -2.35. The molecule has 0 aromatic carbocycles. The number of aliphatic hydroxyl groups is 1. The third kappa shape index (κ3) is 2.97. The molecule has 1 aromatic heterocycles. The van der Waals surface area contributed by atoms with E-state index in [0.717, 1.165) is 24.7 Å². The summed E-state index contributed by atoms with van der Waals surface area (Å²) in [6.45, 7) is 6.29. The van der Waals surface area contributed by atoms with E-state index in [1.165, 1.54) is 24.9 Å². The van der Waals surface area contributed by atoms with Crippen molar-refractivity contribution in [2.24, 2.45) is 5.92 Å². The fourth-order valence-corrected chi connectivity index (χ4v) is 2.46. The average Bonchev–Trinajstić information content (AvgIpc) is 2.39. The number of pyridine rings is 1. The van der Waals surface area contributed by atoms with Gasteiger partial charge in [-0.15, -0.1) is 0 Å². The highest BCUT2D eigenvalue weighted by Crippen LogP contribution is 2.24. The Morgan fingerprint density at radius 2 is 2.35 bits per heavy atom. The van der Waals surface area contributed by atoms with Crippen LogP contribution in [0.2, 0.25) is 0 Å². The molecule has 0 aliphatic carbocycles. The number of piperidine rings is 1. The Morgan fingerprint density at radius 3 is 2.94 bits per heavy atom. The van der Waals surface area contributed by atoms with E-state index in [0.29, 0.717) is 0 Å². The smallest absolute Gasteiger partial charge is 0.0931 e. The van der Waals surface area contributed by atoms with E-state index in [1.807, 2.05) is 12.3 Å². The van der Waals surface area contributed by atoms with Crippen molar-refractivity contribution in [3.05, 3.63) is 24.0 Å². The molecule has 1 aliphatic rings. The molecule has 0 amide bonds. The Labute approximate surface area is 103 Å². The first kappa shape index (κ1) is 12.4. The Kier molecular flexibility index (Phi) is 4.00. The van der Waals surface area contributed by atoms with Crippen molar-refractivity contribution < 1.29 is 5.11 Å². The molecule has 1 N–H and O–H groups in total. The van der Waals surface area contributed by atoms with Gasteiger partial charge in [0.15, 0.2) is 0 Å². The van der Waals surface area contributed by atoms with Gasteiger partial charge in [-0.2, -0.15) is 0 Å². The van der Waals surface area contributed by atoms with Gasteiger partial charge in [-0.1, -0.05) is 13.3 Å². The maximum absolute atomic E-state index is 9.43. The van der Waals surface area contributed by atoms with Crippen molar-refractivity contribution in [1.82, 2.24) is 4.98 Å². The minimum Gasteiger partial charge on any atom is -0.387 e. The van der Waals surface area contributed by atoms with Gasteiger partial charge in [0.2, 0.25) is 0 Å². The lowest BCUT2D eigenvalue weighted by atomic mass is 9.95. The Bertz CT molecular complexity index is 348. The van der Waals surface area contributed by atoms with Crippen LogP contribution in [-0.4, -0.2) is 23.2 Å². The first-order valence-electron chi connectivity index (χ1n) is 6.59. The average molecular weight is 234 g/mol. The summed E-state index contributed by atoms with van der Waals surface area (Å²) in [4.78, 5) is 6.73. The van der Waals surface area contributed by atoms with Crippen LogP contribution in [0.4, 0.5) is 5.69 Å². The van der Waals surface area contributed by atoms with Gasteiger partial charge in [0, 0.05) is 13.1 Å². The molecule has 0 bridgehead atoms. The summed E-state index contributed by atoms with van der Waals surface area (Å²) in [5.74, 6) is 0.820. The fourth-order valence-electron chi connectivity index (χ4n) is 2.46. The number of nitrogens with zero attached hydrogens (tertiary/aromatic N) is 2. The highest BCUT2D eigenvalue weighted by atomic mass is 16.3. The van der Waals surface area contributed by atoms with Crippen molar-refractivity contribution in [3.63, 3.8) is 0 Å². The third-order valence-corrected chi connectivity index (χ3v) is 3.66. The Balaban J connectivity index is 2.06. The van der Waals surface area contributed by atoms with Crippen molar-refractivity contribution in [2.75, 3.05) is 18.0 Å². The predicted octanol–water partition coefficient (Wildman–Crippen LogP) is 2.76. The van der Waals surface area contributed by atoms with Crippen LogP contribution in [0.3, 0.4) is 0 Å². The molecule has 0 radical (unpaired) electrons. The molecule has 1 aromatic rings. The van der Waals surface area contributed by atoms with Crippen molar-refractivity contribution in [3.8, 4) is 0 Å². The van der Waals surface area contributed by atoms with Crippen LogP contribution in [-0.2, 0) is 0 Å². The van der Waals surface area contributed by atoms with Gasteiger partial charge in [0.05, 0.1) is 23.7 Å². The van der Waals surface area contributed by atoms with Crippen LogP contribution >= 0.6 is 0 Å². The van der Waals surface area contributed by atoms with Gasteiger partial charge in [0.1, 0.15) is 0 Å². The standard InChI is InChI=1S/C14H22N2O/c1-3-12-5-4-8-16(10-12)13-6-7-14(11(2)17)15-9-13/h6-7,9,11-12,17H,3-5,8,10H2,1-2H3/t11-,12?/m1/s1. The molecule has 1 unspecified atom stereocenters. The van der Waals surface area contributed by atoms with Gasteiger partial charge >= 0.3 is 0 Å². The van der Waals surface area contributed by atoms with E-state index < -0.39 is 6.10 Å². The zero-order chi connectivity index (χ0) is 12.3. The van der Waals surface area contributed by atoms with Gasteiger partial charge < -0.3 is 10.0 Å². The topological polar surface area (TPSA) is 36.4 Å². The maximum atomic E-state index is 9.43. The van der Waals surface area contributed by atoms with Crippen LogP contribution in [0.25, 0.3) is 0 Å². The Hall–Kier alpha value is -1.09. The molecule has 1 saturated heterocycles. The molecule has 3 nitrogen and oxygen atoms in total. The molecule has 3 heteroatoms. The lowest BCUT2D eigenvalue weighted by Gasteiger charge is -2.33. The van der Waals surface area contributed by atoms with Gasteiger partial charge in [0.25, 0.3) is 0 Å². The summed E-state index contributed by atoms with van der Waals surface area (Å²) in [5, 5.41) is 9.43. The number of aliphatic hydroxyl groups excluding tert-OH is 1. The predicted molar refractivity (Wildman–Crippen MR) is 70.1 cm³/mol. The minimum atomic E-state index is -0.478. The largest absolute Gasteiger partial charge is 0.387 e. The summed E-state index contributed by atoms with van der Waals surface area (Å²) in [6.07, 6.45) is 5.30. The number of hydrogen-bond acceptors (Lipinski definition) is 3. The molecule has 0 saturated carbocycles. The van der Waals surface area contributed by atoms with E-state index >= 15 is 0 Å². The van der Waals surface area contributed by atoms with Crippen LogP contribution in [0, 0.1) is 5.92 Å². The molecule has 1 fully saturated rings. The molecule has 1 aliphatic heterocycles. The molecular formula is C14H22N2O. The number of rotatable bonds is 3. The molecular weight excluding hydrogens is 212 g/mol. The Morgan fingerprint density at radius 1 is 1.53 bits per heavy atom. The van der Waals surface area contributed by atoms with E-state index in [-0.39, 0.29) is 0 Å². The number of anilines is 1. The van der Waals surface area contributed by atoms with Crippen LogP contribution < -0.4 is 4.90 Å². The van der Waals surface area contributed by atoms with Crippen LogP contribution in [0.5, 0.6) is 0 Å². The van der Waals surface area contributed by atoms with Gasteiger partial charge in [-0.25, -0.2) is 0 Å². The van der Waals surface area contributed by atoms with E-state index in [1.54, 1.807) is 6.92 Å². The summed E-state index contributed by atoms with van der Waals surface area (Å²) in [7, 11) is 0. The second-order valence-electron chi connectivity index (χ2n) is 4.98. The van der Waals surface area contributed by atoms with Crippen molar-refractivity contribution in [2.45, 2.75) is 39.2 Å². The highest BCUT2D eigenvalue weighted by molar-refractivity contribution is 5.45. The minimum absolute atomic E-state index is 0.478.